The maximum Gasteiger partial charge on any atom is 0.337 e. The molecule has 3 rings (SSSR count). The SMILES string of the molecule is CCc1ccc(-c2nc(C)c(C(=O)Nc3ccc(C(=O)OC)cc3)s2)cc1. The van der Waals surface area contributed by atoms with Gasteiger partial charge >= 0.3 is 5.97 Å². The summed E-state index contributed by atoms with van der Waals surface area (Å²) < 4.78 is 4.67. The molecule has 0 atom stereocenters. The van der Waals surface area contributed by atoms with Crippen LogP contribution in [-0.4, -0.2) is 24.0 Å². The molecule has 0 aliphatic heterocycles. The highest BCUT2D eigenvalue weighted by Gasteiger charge is 2.16. The van der Waals surface area contributed by atoms with Gasteiger partial charge in [0.1, 0.15) is 9.88 Å². The van der Waals surface area contributed by atoms with Crippen LogP contribution in [0.3, 0.4) is 0 Å². The normalized spacial score (nSPS) is 10.5. The van der Waals surface area contributed by atoms with E-state index in [4.69, 9.17) is 0 Å². The molecular formula is C21H20N2O3S. The summed E-state index contributed by atoms with van der Waals surface area (Å²) in [6.07, 6.45) is 0.986. The van der Waals surface area contributed by atoms with E-state index in [1.807, 2.05) is 19.1 Å². The third-order valence-electron chi connectivity index (χ3n) is 4.18. The first-order chi connectivity index (χ1) is 13.0. The predicted octanol–water partition coefficient (Wildman–Crippen LogP) is 4.72. The number of esters is 1. The van der Waals surface area contributed by atoms with Crippen molar-refractivity contribution in [1.29, 1.82) is 0 Å². The van der Waals surface area contributed by atoms with Crippen LogP contribution in [0, 0.1) is 6.92 Å². The fourth-order valence-corrected chi connectivity index (χ4v) is 3.58. The standard InChI is InChI=1S/C21H20N2O3S/c1-4-14-5-7-15(8-6-14)20-22-13(2)18(27-20)19(24)23-17-11-9-16(10-12-17)21(25)26-3/h5-12H,4H2,1-3H3,(H,23,24). The van der Waals surface area contributed by atoms with Crippen molar-refractivity contribution in [2.24, 2.45) is 0 Å². The van der Waals surface area contributed by atoms with E-state index in [9.17, 15) is 9.59 Å². The minimum atomic E-state index is -0.412. The van der Waals surface area contributed by atoms with Gasteiger partial charge in [0.2, 0.25) is 0 Å². The van der Waals surface area contributed by atoms with Gasteiger partial charge in [0.05, 0.1) is 18.4 Å². The Labute approximate surface area is 162 Å². The summed E-state index contributed by atoms with van der Waals surface area (Å²) in [4.78, 5) is 29.2. The molecule has 0 saturated heterocycles. The van der Waals surface area contributed by atoms with Gasteiger partial charge in [0, 0.05) is 11.3 Å². The van der Waals surface area contributed by atoms with Crippen LogP contribution in [0.1, 0.15) is 38.2 Å². The molecule has 6 heteroatoms. The van der Waals surface area contributed by atoms with E-state index in [2.05, 4.69) is 34.1 Å². The fraction of sp³-hybridized carbons (Fsp3) is 0.190. The second-order valence-corrected chi connectivity index (χ2v) is 7.01. The lowest BCUT2D eigenvalue weighted by atomic mass is 10.1. The first-order valence-electron chi connectivity index (χ1n) is 8.58. The molecule has 3 aromatic rings. The van der Waals surface area contributed by atoms with Crippen molar-refractivity contribution in [3.8, 4) is 10.6 Å². The predicted molar refractivity (Wildman–Crippen MR) is 107 cm³/mol. The molecule has 5 nitrogen and oxygen atoms in total. The summed E-state index contributed by atoms with van der Waals surface area (Å²) >= 11 is 1.37. The second kappa shape index (κ2) is 8.14. The minimum Gasteiger partial charge on any atom is -0.465 e. The van der Waals surface area contributed by atoms with Crippen LogP contribution in [0.5, 0.6) is 0 Å². The molecule has 27 heavy (non-hydrogen) atoms. The van der Waals surface area contributed by atoms with Crippen molar-refractivity contribution in [2.45, 2.75) is 20.3 Å². The van der Waals surface area contributed by atoms with E-state index in [-0.39, 0.29) is 5.91 Å². The van der Waals surface area contributed by atoms with E-state index in [1.54, 1.807) is 24.3 Å². The van der Waals surface area contributed by atoms with Crippen molar-refractivity contribution in [2.75, 3.05) is 12.4 Å². The molecule has 0 saturated carbocycles. The van der Waals surface area contributed by atoms with Crippen LogP contribution in [0.4, 0.5) is 5.69 Å². The van der Waals surface area contributed by atoms with Crippen LogP contribution in [0.25, 0.3) is 10.6 Å². The summed E-state index contributed by atoms with van der Waals surface area (Å²) in [6.45, 7) is 3.94. The summed E-state index contributed by atoms with van der Waals surface area (Å²) in [5, 5.41) is 3.67. The van der Waals surface area contributed by atoms with Gasteiger partial charge in [-0.3, -0.25) is 4.79 Å². The fourth-order valence-electron chi connectivity index (χ4n) is 2.61. The van der Waals surface area contributed by atoms with E-state index in [0.29, 0.717) is 21.8 Å². The molecule has 1 N–H and O–H groups in total. The number of carbonyl (C=O) groups excluding carboxylic acids is 2. The zero-order valence-corrected chi connectivity index (χ0v) is 16.2. The Kier molecular flexibility index (Phi) is 5.66. The Morgan fingerprint density at radius 1 is 1.07 bits per heavy atom. The van der Waals surface area contributed by atoms with Crippen molar-refractivity contribution in [1.82, 2.24) is 4.98 Å². The number of ether oxygens (including phenoxy) is 1. The molecule has 1 aromatic heterocycles. The average molecular weight is 380 g/mol. The molecule has 1 heterocycles. The van der Waals surface area contributed by atoms with Gasteiger partial charge in [0.15, 0.2) is 0 Å². The summed E-state index contributed by atoms with van der Waals surface area (Å²) in [5.41, 5.74) is 4.00. The van der Waals surface area contributed by atoms with E-state index in [1.165, 1.54) is 24.0 Å². The first-order valence-corrected chi connectivity index (χ1v) is 9.40. The minimum absolute atomic E-state index is 0.216. The number of aromatic nitrogens is 1. The smallest absolute Gasteiger partial charge is 0.337 e. The zero-order valence-electron chi connectivity index (χ0n) is 15.4. The third-order valence-corrected chi connectivity index (χ3v) is 5.38. The Morgan fingerprint density at radius 2 is 1.74 bits per heavy atom. The largest absolute Gasteiger partial charge is 0.465 e. The maximum absolute atomic E-state index is 12.6. The number of hydrogen-bond donors (Lipinski definition) is 1. The third kappa shape index (κ3) is 4.23. The number of nitrogens with zero attached hydrogens (tertiary/aromatic N) is 1. The summed E-state index contributed by atoms with van der Waals surface area (Å²) in [5.74, 6) is -0.628. The van der Waals surface area contributed by atoms with Gasteiger partial charge in [-0.1, -0.05) is 31.2 Å². The number of nitrogens with one attached hydrogen (secondary N) is 1. The molecule has 138 valence electrons. The van der Waals surface area contributed by atoms with Gasteiger partial charge in [0.25, 0.3) is 5.91 Å². The second-order valence-electron chi connectivity index (χ2n) is 6.01. The molecule has 2 aromatic carbocycles. The van der Waals surface area contributed by atoms with Crippen LogP contribution >= 0.6 is 11.3 Å². The van der Waals surface area contributed by atoms with Crippen molar-refractivity contribution in [3.63, 3.8) is 0 Å². The van der Waals surface area contributed by atoms with Crippen LogP contribution in [0.2, 0.25) is 0 Å². The highest BCUT2D eigenvalue weighted by molar-refractivity contribution is 7.17. The summed E-state index contributed by atoms with van der Waals surface area (Å²) in [6, 6.07) is 14.8. The molecule has 0 bridgehead atoms. The first kappa shape index (κ1) is 18.8. The number of thiazole rings is 1. The molecule has 0 aliphatic rings. The highest BCUT2D eigenvalue weighted by atomic mass is 32.1. The van der Waals surface area contributed by atoms with E-state index in [0.717, 1.165) is 17.0 Å². The molecule has 0 spiro atoms. The van der Waals surface area contributed by atoms with Crippen LogP contribution in [0.15, 0.2) is 48.5 Å². The van der Waals surface area contributed by atoms with Gasteiger partial charge in [-0.05, 0) is 43.2 Å². The number of carbonyl (C=O) groups is 2. The lowest BCUT2D eigenvalue weighted by Gasteiger charge is -2.05. The topological polar surface area (TPSA) is 68.3 Å². The van der Waals surface area contributed by atoms with E-state index >= 15 is 0 Å². The van der Waals surface area contributed by atoms with Gasteiger partial charge in [-0.25, -0.2) is 9.78 Å². The molecule has 0 fully saturated rings. The molecule has 0 unspecified atom stereocenters. The van der Waals surface area contributed by atoms with Crippen molar-refractivity contribution < 1.29 is 14.3 Å². The van der Waals surface area contributed by atoms with Gasteiger partial charge in [-0.2, -0.15) is 0 Å². The zero-order chi connectivity index (χ0) is 19.4. The van der Waals surface area contributed by atoms with Crippen LogP contribution in [-0.2, 0) is 11.2 Å². The molecular weight excluding hydrogens is 360 g/mol. The number of hydrogen-bond acceptors (Lipinski definition) is 5. The van der Waals surface area contributed by atoms with Gasteiger partial charge < -0.3 is 10.1 Å². The maximum atomic E-state index is 12.6. The number of aryl methyl sites for hydroxylation is 2. The average Bonchev–Trinajstić information content (AvgIpc) is 3.10. The lowest BCUT2D eigenvalue weighted by molar-refractivity contribution is 0.0600. The molecule has 0 radical (unpaired) electrons. The lowest BCUT2D eigenvalue weighted by Crippen LogP contribution is -2.11. The van der Waals surface area contributed by atoms with Gasteiger partial charge in [-0.15, -0.1) is 11.3 Å². The Balaban J connectivity index is 1.77. The molecule has 0 aliphatic carbocycles. The van der Waals surface area contributed by atoms with Crippen molar-refractivity contribution in [3.05, 3.63) is 70.2 Å². The Hall–Kier alpha value is -2.99. The Bertz CT molecular complexity index is 960. The number of anilines is 1. The number of rotatable bonds is 5. The summed E-state index contributed by atoms with van der Waals surface area (Å²) in [7, 11) is 1.33. The number of amides is 1. The number of benzene rings is 2. The quantitative estimate of drug-likeness (QED) is 0.650. The monoisotopic (exact) mass is 380 g/mol. The Morgan fingerprint density at radius 3 is 2.33 bits per heavy atom. The molecule has 1 amide bonds. The number of methoxy groups -OCH3 is 1. The van der Waals surface area contributed by atoms with E-state index < -0.39 is 5.97 Å². The highest BCUT2D eigenvalue weighted by Crippen LogP contribution is 2.29. The van der Waals surface area contributed by atoms with Crippen LogP contribution < -0.4 is 5.32 Å². The van der Waals surface area contributed by atoms with Crippen molar-refractivity contribution >= 4 is 28.9 Å².